The zero-order valence-corrected chi connectivity index (χ0v) is 25.0. The molecule has 42 heavy (non-hydrogen) atoms. The van der Waals surface area contributed by atoms with E-state index in [9.17, 15) is 31.1 Å². The Bertz CT molecular complexity index is 1360. The highest BCUT2D eigenvalue weighted by atomic mass is 32.2. The number of rotatable bonds is 6. The summed E-state index contributed by atoms with van der Waals surface area (Å²) in [5.74, 6) is 0.635. The standard InChI is InChI=1S/C32H33F6NOS2/c1-21-6-8-22(9-7-21)28(40)39-16-15-30(20-39,42-27-5-3-4-23(18-27)24-14-17-41-19-24)26-12-10-25(11-13-26)29(2,31(33,34)35)32(36,37)38/h3-5,10-14,17-19,21-22H,6-9,15-16,20H2,1-2H3/t21-,22-,30?. The number of alkyl halides is 6. The molecule has 10 heteroatoms. The molecule has 226 valence electrons. The maximum absolute atomic E-state index is 13.8. The predicted molar refractivity (Wildman–Crippen MR) is 156 cm³/mol. The summed E-state index contributed by atoms with van der Waals surface area (Å²) in [6, 6.07) is 14.6. The third kappa shape index (κ3) is 5.85. The minimum Gasteiger partial charge on any atom is -0.341 e. The highest BCUT2D eigenvalue weighted by molar-refractivity contribution is 8.00. The van der Waals surface area contributed by atoms with E-state index >= 15 is 0 Å². The Labute approximate surface area is 250 Å². The van der Waals surface area contributed by atoms with Gasteiger partial charge in [0.1, 0.15) is 0 Å². The monoisotopic (exact) mass is 625 g/mol. The van der Waals surface area contributed by atoms with E-state index in [1.54, 1.807) is 11.3 Å². The fourth-order valence-corrected chi connectivity index (χ4v) is 8.22. The molecule has 2 fully saturated rings. The van der Waals surface area contributed by atoms with Gasteiger partial charge in [-0.05, 0) is 96.2 Å². The van der Waals surface area contributed by atoms with E-state index in [1.165, 1.54) is 23.9 Å². The van der Waals surface area contributed by atoms with Crippen molar-refractivity contribution in [1.82, 2.24) is 4.90 Å². The minimum atomic E-state index is -5.52. The molecule has 1 aliphatic heterocycles. The molecule has 1 atom stereocenters. The van der Waals surface area contributed by atoms with Crippen LogP contribution in [0.5, 0.6) is 0 Å². The molecule has 1 amide bonds. The summed E-state index contributed by atoms with van der Waals surface area (Å²) < 4.78 is 81.9. The molecule has 1 aliphatic carbocycles. The van der Waals surface area contributed by atoms with E-state index in [0.29, 0.717) is 31.0 Å². The number of hydrogen-bond acceptors (Lipinski definition) is 3. The number of thioether (sulfide) groups is 1. The lowest BCUT2D eigenvalue weighted by Crippen LogP contribution is -2.51. The second-order valence-corrected chi connectivity index (χ2v) is 14.0. The van der Waals surface area contributed by atoms with Gasteiger partial charge in [-0.1, -0.05) is 43.3 Å². The average molecular weight is 626 g/mol. The number of carbonyl (C=O) groups excluding carboxylic acids is 1. The number of hydrogen-bond donors (Lipinski definition) is 0. The van der Waals surface area contributed by atoms with Gasteiger partial charge in [-0.3, -0.25) is 4.79 Å². The van der Waals surface area contributed by atoms with Crippen LogP contribution >= 0.6 is 23.1 Å². The summed E-state index contributed by atoms with van der Waals surface area (Å²) in [7, 11) is 0. The molecule has 0 N–H and O–H groups in total. The van der Waals surface area contributed by atoms with Gasteiger partial charge in [-0.15, -0.1) is 11.8 Å². The average Bonchev–Trinajstić information content (AvgIpc) is 3.63. The first-order valence-corrected chi connectivity index (χ1v) is 15.8. The smallest absolute Gasteiger partial charge is 0.341 e. The third-order valence-corrected chi connectivity index (χ3v) is 11.2. The molecular weight excluding hydrogens is 592 g/mol. The van der Waals surface area contributed by atoms with Crippen molar-refractivity contribution in [3.63, 3.8) is 0 Å². The molecule has 2 heterocycles. The highest BCUT2D eigenvalue weighted by Gasteiger charge is 2.68. The van der Waals surface area contributed by atoms with Crippen molar-refractivity contribution in [2.45, 2.75) is 73.4 Å². The molecule has 3 aromatic rings. The maximum Gasteiger partial charge on any atom is 0.406 e. The maximum atomic E-state index is 13.8. The van der Waals surface area contributed by atoms with Crippen LogP contribution in [0.4, 0.5) is 26.3 Å². The molecule has 2 nitrogen and oxygen atoms in total. The summed E-state index contributed by atoms with van der Waals surface area (Å²) in [6.07, 6.45) is -6.84. The lowest BCUT2D eigenvalue weighted by atomic mass is 9.80. The van der Waals surface area contributed by atoms with Crippen molar-refractivity contribution < 1.29 is 31.1 Å². The Hall–Kier alpha value is -2.46. The van der Waals surface area contributed by atoms with Gasteiger partial charge in [0.2, 0.25) is 5.91 Å². The normalized spacial score (nSPS) is 23.8. The quantitative estimate of drug-likeness (QED) is 0.254. The molecule has 1 aromatic heterocycles. The van der Waals surface area contributed by atoms with Gasteiger partial charge in [-0.25, -0.2) is 0 Å². The van der Waals surface area contributed by atoms with Crippen molar-refractivity contribution in [3.8, 4) is 11.1 Å². The fraction of sp³-hybridized carbons (Fsp3) is 0.469. The topological polar surface area (TPSA) is 20.3 Å². The van der Waals surface area contributed by atoms with Gasteiger partial charge in [0.15, 0.2) is 5.41 Å². The largest absolute Gasteiger partial charge is 0.406 e. The van der Waals surface area contributed by atoms with Gasteiger partial charge in [0.25, 0.3) is 0 Å². The van der Waals surface area contributed by atoms with Gasteiger partial charge < -0.3 is 4.90 Å². The van der Waals surface area contributed by atoms with E-state index in [4.69, 9.17) is 0 Å². The Kier molecular flexibility index (Phi) is 8.53. The number of benzene rings is 2. The third-order valence-electron chi connectivity index (χ3n) is 9.03. The van der Waals surface area contributed by atoms with E-state index in [0.717, 1.165) is 53.8 Å². The number of thiophene rings is 1. The number of halogens is 6. The second-order valence-electron chi connectivity index (χ2n) is 11.8. The molecule has 1 unspecified atom stereocenters. The highest BCUT2D eigenvalue weighted by Crippen LogP contribution is 2.53. The molecular formula is C32H33F6NOS2. The molecule has 1 saturated carbocycles. The molecule has 0 spiro atoms. The number of likely N-dealkylation sites (tertiary alicyclic amines) is 1. The number of carbonyl (C=O) groups is 1. The van der Waals surface area contributed by atoms with E-state index in [-0.39, 0.29) is 18.7 Å². The van der Waals surface area contributed by atoms with Crippen molar-refractivity contribution in [1.29, 1.82) is 0 Å². The van der Waals surface area contributed by atoms with Gasteiger partial charge in [-0.2, -0.15) is 37.7 Å². The van der Waals surface area contributed by atoms with Crippen LogP contribution in [0.1, 0.15) is 57.1 Å². The first kappa shape index (κ1) is 31.0. The SMILES string of the molecule is CC(c1ccc(C2(Sc3cccc(-c4ccsc4)c3)CCN(C(=O)[C@H]3CC[C@H](C)CC3)C2)cc1)(C(F)(F)F)C(F)(F)F. The number of nitrogens with zero attached hydrogens (tertiary/aromatic N) is 1. The first-order chi connectivity index (χ1) is 19.7. The summed E-state index contributed by atoms with van der Waals surface area (Å²) in [4.78, 5) is 16.3. The Morgan fingerprint density at radius 2 is 1.60 bits per heavy atom. The molecule has 2 aromatic carbocycles. The minimum absolute atomic E-state index is 0.0504. The molecule has 2 aliphatic rings. The Balaban J connectivity index is 1.49. The Morgan fingerprint density at radius 1 is 0.929 bits per heavy atom. The van der Waals surface area contributed by atoms with Crippen molar-refractivity contribution >= 4 is 29.0 Å². The van der Waals surface area contributed by atoms with Crippen LogP contribution in [0.2, 0.25) is 0 Å². The molecule has 1 saturated heterocycles. The van der Waals surface area contributed by atoms with E-state index in [2.05, 4.69) is 6.92 Å². The van der Waals surface area contributed by atoms with Crippen LogP contribution < -0.4 is 0 Å². The summed E-state index contributed by atoms with van der Waals surface area (Å²) >= 11 is 3.10. The summed E-state index contributed by atoms with van der Waals surface area (Å²) in [6.45, 7) is 3.19. The van der Waals surface area contributed by atoms with Crippen LogP contribution in [0.25, 0.3) is 11.1 Å². The first-order valence-electron chi connectivity index (χ1n) is 14.1. The summed E-state index contributed by atoms with van der Waals surface area (Å²) in [5.41, 5.74) is -2.16. The van der Waals surface area contributed by atoms with Crippen molar-refractivity contribution in [2.75, 3.05) is 13.1 Å². The zero-order valence-electron chi connectivity index (χ0n) is 23.4. The van der Waals surface area contributed by atoms with E-state index in [1.807, 2.05) is 46.0 Å². The zero-order chi connectivity index (χ0) is 30.3. The lowest BCUT2D eigenvalue weighted by Gasteiger charge is -2.35. The molecule has 5 rings (SSSR count). The Morgan fingerprint density at radius 3 is 2.19 bits per heavy atom. The summed E-state index contributed by atoms with van der Waals surface area (Å²) in [5, 5.41) is 4.03. The molecule has 0 radical (unpaired) electrons. The van der Waals surface area contributed by atoms with Gasteiger partial charge >= 0.3 is 12.4 Å². The van der Waals surface area contributed by atoms with Crippen molar-refractivity contribution in [2.24, 2.45) is 11.8 Å². The predicted octanol–water partition coefficient (Wildman–Crippen LogP) is 9.84. The van der Waals surface area contributed by atoms with Crippen molar-refractivity contribution in [3.05, 3.63) is 76.5 Å². The van der Waals surface area contributed by atoms with Crippen LogP contribution in [-0.2, 0) is 15.0 Å². The lowest BCUT2D eigenvalue weighted by molar-refractivity contribution is -0.297. The van der Waals surface area contributed by atoms with Gasteiger partial charge in [0, 0.05) is 23.9 Å². The van der Waals surface area contributed by atoms with Crippen LogP contribution in [0.15, 0.2) is 70.3 Å². The van der Waals surface area contributed by atoms with Crippen LogP contribution in [-0.4, -0.2) is 36.2 Å². The second kappa shape index (κ2) is 11.6. The fourth-order valence-electron chi connectivity index (χ4n) is 6.10. The number of amides is 1. The van der Waals surface area contributed by atoms with E-state index < -0.39 is 28.1 Å². The van der Waals surface area contributed by atoms with Gasteiger partial charge in [0.05, 0.1) is 4.75 Å². The van der Waals surface area contributed by atoms with Crippen LogP contribution in [0, 0.1) is 11.8 Å². The molecule has 0 bridgehead atoms. The van der Waals surface area contributed by atoms with Crippen LogP contribution in [0.3, 0.4) is 0 Å².